The molecule has 2 atom stereocenters. The van der Waals surface area contributed by atoms with E-state index in [4.69, 9.17) is 4.98 Å². The van der Waals surface area contributed by atoms with E-state index in [-0.39, 0.29) is 0 Å². The molecule has 21 heavy (non-hydrogen) atoms. The first kappa shape index (κ1) is 17.0. The fourth-order valence-corrected chi connectivity index (χ4v) is 4.74. The van der Waals surface area contributed by atoms with Crippen molar-refractivity contribution in [1.82, 2.24) is 10.3 Å². The predicted molar refractivity (Wildman–Crippen MR) is 93.2 cm³/mol. The Bertz CT molecular complexity index is 425. The van der Waals surface area contributed by atoms with Crippen LogP contribution in [-0.4, -0.2) is 11.5 Å². The molecule has 0 spiro atoms. The summed E-state index contributed by atoms with van der Waals surface area (Å²) in [5.41, 5.74) is 1.34. The quantitative estimate of drug-likeness (QED) is 0.677. The summed E-state index contributed by atoms with van der Waals surface area (Å²) >= 11 is 1.98. The molecule has 1 heterocycles. The molecular weight excluding hydrogens is 276 g/mol. The first-order valence-corrected chi connectivity index (χ1v) is 9.67. The van der Waals surface area contributed by atoms with Gasteiger partial charge in [0.1, 0.15) is 0 Å². The molecule has 3 heteroatoms. The summed E-state index contributed by atoms with van der Waals surface area (Å²) in [7, 11) is 0. The van der Waals surface area contributed by atoms with Crippen LogP contribution >= 0.6 is 11.3 Å². The maximum absolute atomic E-state index is 5.06. The monoisotopic (exact) mass is 308 g/mol. The van der Waals surface area contributed by atoms with Gasteiger partial charge in [0, 0.05) is 17.3 Å². The molecule has 0 radical (unpaired) electrons. The van der Waals surface area contributed by atoms with E-state index in [9.17, 15) is 0 Å². The van der Waals surface area contributed by atoms with Crippen molar-refractivity contribution < 1.29 is 0 Å². The molecule has 1 aromatic heterocycles. The van der Waals surface area contributed by atoms with Crippen LogP contribution in [0, 0.1) is 5.92 Å². The molecular formula is C18H32N2S. The maximum atomic E-state index is 5.06. The Kier molecular flexibility index (Phi) is 6.69. The third-order valence-electron chi connectivity index (χ3n) is 4.71. The Hall–Kier alpha value is -0.410. The second kappa shape index (κ2) is 8.28. The summed E-state index contributed by atoms with van der Waals surface area (Å²) in [5, 5.41) is 4.97. The number of rotatable bonds is 7. The second-order valence-electron chi connectivity index (χ2n) is 6.83. The molecule has 2 nitrogen and oxygen atoms in total. The van der Waals surface area contributed by atoms with Crippen LogP contribution in [0.1, 0.15) is 93.6 Å². The van der Waals surface area contributed by atoms with E-state index in [2.05, 4.69) is 33.0 Å². The molecule has 0 aromatic carbocycles. The predicted octanol–water partition coefficient (Wildman–Crippen LogP) is 5.45. The largest absolute Gasteiger partial charge is 0.312 e. The van der Waals surface area contributed by atoms with Crippen molar-refractivity contribution >= 4 is 11.3 Å². The highest BCUT2D eigenvalue weighted by molar-refractivity contribution is 7.11. The van der Waals surface area contributed by atoms with Gasteiger partial charge in [-0.05, 0) is 37.6 Å². The van der Waals surface area contributed by atoms with E-state index in [0.717, 1.165) is 24.9 Å². The molecule has 1 aromatic rings. The van der Waals surface area contributed by atoms with Gasteiger partial charge >= 0.3 is 0 Å². The number of nitrogens with one attached hydrogen (secondary N) is 1. The minimum Gasteiger partial charge on any atom is -0.312 e. The zero-order chi connectivity index (χ0) is 15.2. The summed E-state index contributed by atoms with van der Waals surface area (Å²) in [5.74, 6) is 2.20. The van der Waals surface area contributed by atoms with Crippen molar-refractivity contribution in [3.05, 3.63) is 15.6 Å². The van der Waals surface area contributed by atoms with E-state index >= 15 is 0 Å². The third-order valence-corrected chi connectivity index (χ3v) is 5.95. The average molecular weight is 309 g/mol. The Morgan fingerprint density at radius 1 is 1.29 bits per heavy atom. The van der Waals surface area contributed by atoms with Crippen LogP contribution in [0.25, 0.3) is 0 Å². The third kappa shape index (κ3) is 4.53. The van der Waals surface area contributed by atoms with Crippen molar-refractivity contribution in [2.75, 3.05) is 6.54 Å². The van der Waals surface area contributed by atoms with Crippen LogP contribution in [0.15, 0.2) is 0 Å². The number of nitrogens with zero attached hydrogens (tertiary/aromatic N) is 1. The highest BCUT2D eigenvalue weighted by Crippen LogP contribution is 2.40. The second-order valence-corrected chi connectivity index (χ2v) is 7.95. The molecule has 1 fully saturated rings. The molecule has 1 N–H and O–H groups in total. The van der Waals surface area contributed by atoms with E-state index in [0.29, 0.717) is 5.92 Å². The van der Waals surface area contributed by atoms with Gasteiger partial charge in [-0.25, -0.2) is 4.98 Å². The van der Waals surface area contributed by atoms with Crippen molar-refractivity contribution in [3.63, 3.8) is 0 Å². The molecule has 1 aliphatic carbocycles. The zero-order valence-electron chi connectivity index (χ0n) is 14.2. The molecule has 0 amide bonds. The minimum atomic E-state index is 0.541. The fourth-order valence-electron chi connectivity index (χ4n) is 3.40. The maximum Gasteiger partial charge on any atom is 0.0962 e. The number of hydrogen-bond donors (Lipinski definition) is 1. The van der Waals surface area contributed by atoms with Crippen LogP contribution in [-0.2, 0) is 6.54 Å². The Labute approximate surface area is 134 Å². The van der Waals surface area contributed by atoms with E-state index in [1.807, 2.05) is 11.3 Å². The summed E-state index contributed by atoms with van der Waals surface area (Å²) in [4.78, 5) is 6.54. The lowest BCUT2D eigenvalue weighted by atomic mass is 9.80. The molecule has 2 unspecified atom stereocenters. The van der Waals surface area contributed by atoms with Crippen molar-refractivity contribution in [2.24, 2.45) is 5.92 Å². The van der Waals surface area contributed by atoms with Crippen LogP contribution in [0.5, 0.6) is 0 Å². The van der Waals surface area contributed by atoms with E-state index in [1.165, 1.54) is 54.1 Å². The summed E-state index contributed by atoms with van der Waals surface area (Å²) < 4.78 is 0. The number of thiazole rings is 1. The lowest BCUT2D eigenvalue weighted by Crippen LogP contribution is -2.14. The molecule has 1 aliphatic rings. The van der Waals surface area contributed by atoms with E-state index < -0.39 is 0 Å². The lowest BCUT2D eigenvalue weighted by Gasteiger charge is -2.26. The minimum absolute atomic E-state index is 0.541. The summed E-state index contributed by atoms with van der Waals surface area (Å²) in [6.07, 6.45) is 8.07. The topological polar surface area (TPSA) is 24.9 Å². The van der Waals surface area contributed by atoms with Gasteiger partial charge < -0.3 is 5.32 Å². The molecule has 0 bridgehead atoms. The van der Waals surface area contributed by atoms with Crippen LogP contribution in [0.3, 0.4) is 0 Å². The Balaban J connectivity index is 2.10. The molecule has 0 saturated heterocycles. The van der Waals surface area contributed by atoms with Crippen LogP contribution in [0.4, 0.5) is 0 Å². The SMILES string of the molecule is CCCNCc1sc(C2CCCC(CC)C2)nc1C(C)C. The Morgan fingerprint density at radius 3 is 2.76 bits per heavy atom. The Morgan fingerprint density at radius 2 is 2.10 bits per heavy atom. The van der Waals surface area contributed by atoms with Gasteiger partial charge in [0.2, 0.25) is 0 Å². The lowest BCUT2D eigenvalue weighted by molar-refractivity contribution is 0.314. The van der Waals surface area contributed by atoms with Crippen molar-refractivity contribution in [2.45, 2.75) is 84.6 Å². The number of aromatic nitrogens is 1. The fraction of sp³-hybridized carbons (Fsp3) is 0.833. The molecule has 1 saturated carbocycles. The molecule has 120 valence electrons. The summed E-state index contributed by atoms with van der Waals surface area (Å²) in [6.45, 7) is 11.2. The highest BCUT2D eigenvalue weighted by atomic mass is 32.1. The van der Waals surface area contributed by atoms with Crippen molar-refractivity contribution in [1.29, 1.82) is 0 Å². The summed E-state index contributed by atoms with van der Waals surface area (Å²) in [6, 6.07) is 0. The van der Waals surface area contributed by atoms with Gasteiger partial charge in [-0.2, -0.15) is 0 Å². The first-order chi connectivity index (χ1) is 10.2. The van der Waals surface area contributed by atoms with Gasteiger partial charge in [-0.1, -0.05) is 47.0 Å². The first-order valence-electron chi connectivity index (χ1n) is 8.85. The van der Waals surface area contributed by atoms with Crippen LogP contribution < -0.4 is 5.32 Å². The van der Waals surface area contributed by atoms with Gasteiger partial charge in [-0.15, -0.1) is 11.3 Å². The zero-order valence-corrected chi connectivity index (χ0v) is 15.1. The van der Waals surface area contributed by atoms with E-state index in [1.54, 1.807) is 0 Å². The van der Waals surface area contributed by atoms with Gasteiger partial charge in [0.25, 0.3) is 0 Å². The smallest absolute Gasteiger partial charge is 0.0962 e. The van der Waals surface area contributed by atoms with Gasteiger partial charge in [-0.3, -0.25) is 0 Å². The van der Waals surface area contributed by atoms with Gasteiger partial charge in [0.15, 0.2) is 0 Å². The average Bonchev–Trinajstić information content (AvgIpc) is 2.92. The van der Waals surface area contributed by atoms with Crippen LogP contribution in [0.2, 0.25) is 0 Å². The molecule has 0 aliphatic heterocycles. The number of hydrogen-bond acceptors (Lipinski definition) is 3. The molecule has 2 rings (SSSR count). The normalized spacial score (nSPS) is 22.9. The standard InChI is InChI=1S/C18H32N2S/c1-5-10-19-12-16-17(13(3)4)20-18(21-16)15-9-7-8-14(6-2)11-15/h13-15,19H,5-12H2,1-4H3. The highest BCUT2D eigenvalue weighted by Gasteiger charge is 2.26. The van der Waals surface area contributed by atoms with Crippen molar-refractivity contribution in [3.8, 4) is 0 Å². The van der Waals surface area contributed by atoms with Gasteiger partial charge in [0.05, 0.1) is 10.7 Å².